The average molecular weight is 429 g/mol. The first-order chi connectivity index (χ1) is 14.7. The fourth-order valence-corrected chi connectivity index (χ4v) is 3.52. The van der Waals surface area contributed by atoms with Gasteiger partial charge in [-0.05, 0) is 57.9 Å². The van der Waals surface area contributed by atoms with Crippen molar-refractivity contribution in [3.63, 3.8) is 0 Å². The average Bonchev–Trinajstić information content (AvgIpc) is 3.12. The van der Waals surface area contributed by atoms with E-state index in [2.05, 4.69) is 0 Å². The van der Waals surface area contributed by atoms with Gasteiger partial charge in [-0.25, -0.2) is 9.59 Å². The number of cyclic esters (lactones) is 1. The van der Waals surface area contributed by atoms with E-state index in [9.17, 15) is 14.4 Å². The molecule has 0 radical (unpaired) electrons. The number of carbonyl (C=O) groups is 3. The van der Waals surface area contributed by atoms with Crippen LogP contribution in [-0.4, -0.2) is 66.9 Å². The van der Waals surface area contributed by atoms with Crippen LogP contribution in [0.25, 0.3) is 0 Å². The van der Waals surface area contributed by atoms with Gasteiger partial charge >= 0.3 is 12.1 Å². The normalized spacial score (nSPS) is 19.7. The lowest BCUT2D eigenvalue weighted by atomic mass is 10.1. The summed E-state index contributed by atoms with van der Waals surface area (Å²) in [6.07, 6.45) is -0.401. The number of hydrogen-bond donors (Lipinski definition) is 0. The van der Waals surface area contributed by atoms with Crippen molar-refractivity contribution in [1.82, 2.24) is 4.90 Å². The quantitative estimate of drug-likeness (QED) is 0.660. The van der Waals surface area contributed by atoms with Gasteiger partial charge in [0.15, 0.2) is 6.10 Å². The lowest BCUT2D eigenvalue weighted by Crippen LogP contribution is -2.46. The summed E-state index contributed by atoms with van der Waals surface area (Å²) >= 11 is 0. The third kappa shape index (κ3) is 5.95. The summed E-state index contributed by atoms with van der Waals surface area (Å²) in [5, 5.41) is 8.89. The summed E-state index contributed by atoms with van der Waals surface area (Å²) in [6, 6.07) is 8.55. The zero-order chi connectivity index (χ0) is 22.6. The molecule has 9 heteroatoms. The molecule has 0 spiro atoms. The van der Waals surface area contributed by atoms with Crippen LogP contribution in [0.2, 0.25) is 0 Å². The van der Waals surface area contributed by atoms with Crippen LogP contribution in [0.1, 0.15) is 39.2 Å². The van der Waals surface area contributed by atoms with Gasteiger partial charge in [-0.15, -0.1) is 0 Å². The molecule has 31 heavy (non-hydrogen) atoms. The highest BCUT2D eigenvalue weighted by Gasteiger charge is 2.40. The van der Waals surface area contributed by atoms with E-state index in [1.54, 1.807) is 49.9 Å². The molecule has 1 unspecified atom stereocenters. The number of hydrogen-bond acceptors (Lipinski definition) is 7. The molecule has 2 heterocycles. The Balaban J connectivity index is 1.47. The number of rotatable bonds is 5. The lowest BCUT2D eigenvalue weighted by Gasteiger charge is -2.32. The first-order valence-electron chi connectivity index (χ1n) is 10.3. The number of anilines is 1. The predicted octanol–water partition coefficient (Wildman–Crippen LogP) is 2.23. The van der Waals surface area contributed by atoms with Gasteiger partial charge in [-0.3, -0.25) is 9.69 Å². The van der Waals surface area contributed by atoms with Crippen LogP contribution < -0.4 is 4.90 Å². The van der Waals surface area contributed by atoms with Gasteiger partial charge in [0.05, 0.1) is 24.3 Å². The van der Waals surface area contributed by atoms with Crippen LogP contribution in [0.5, 0.6) is 0 Å². The van der Waals surface area contributed by atoms with Crippen molar-refractivity contribution in [1.29, 1.82) is 5.26 Å². The largest absolute Gasteiger partial charge is 0.458 e. The summed E-state index contributed by atoms with van der Waals surface area (Å²) in [6.45, 7) is 6.33. The van der Waals surface area contributed by atoms with E-state index in [4.69, 9.17) is 19.5 Å². The smallest absolute Gasteiger partial charge is 0.415 e. The Morgan fingerprint density at radius 1 is 1.19 bits per heavy atom. The number of esters is 1. The second-order valence-corrected chi connectivity index (χ2v) is 8.56. The molecule has 2 fully saturated rings. The van der Waals surface area contributed by atoms with Crippen molar-refractivity contribution in [3.05, 3.63) is 29.8 Å². The van der Waals surface area contributed by atoms with Gasteiger partial charge in [0.2, 0.25) is 0 Å². The van der Waals surface area contributed by atoms with E-state index in [0.29, 0.717) is 37.2 Å². The van der Waals surface area contributed by atoms with E-state index in [0.717, 1.165) is 0 Å². The summed E-state index contributed by atoms with van der Waals surface area (Å²) in [4.78, 5) is 39.9. The standard InChI is InChI=1S/C22H27N3O6/c1-22(2,3)31-19(26)14-29-17-8-10-24(11-9-17)20(27)18-13-25(21(28)30-18)16-6-4-15(12-23)5-7-16/h4-7,17-18H,8-11,13-14H2,1-3H3. The Kier molecular flexibility index (Phi) is 6.81. The maximum Gasteiger partial charge on any atom is 0.415 e. The molecule has 9 nitrogen and oxygen atoms in total. The lowest BCUT2D eigenvalue weighted by molar-refractivity contribution is -0.163. The van der Waals surface area contributed by atoms with E-state index in [1.807, 2.05) is 6.07 Å². The van der Waals surface area contributed by atoms with Crippen molar-refractivity contribution < 1.29 is 28.6 Å². The molecule has 0 aromatic heterocycles. The highest BCUT2D eigenvalue weighted by atomic mass is 16.6. The van der Waals surface area contributed by atoms with Crippen LogP contribution in [0.15, 0.2) is 24.3 Å². The molecule has 2 aliphatic rings. The molecule has 2 amide bonds. The minimum absolute atomic E-state index is 0.115. The first kappa shape index (κ1) is 22.6. The van der Waals surface area contributed by atoms with Gasteiger partial charge in [-0.2, -0.15) is 5.26 Å². The van der Waals surface area contributed by atoms with E-state index < -0.39 is 23.8 Å². The fourth-order valence-electron chi connectivity index (χ4n) is 3.52. The third-order valence-electron chi connectivity index (χ3n) is 5.01. The summed E-state index contributed by atoms with van der Waals surface area (Å²) in [7, 11) is 0. The summed E-state index contributed by atoms with van der Waals surface area (Å²) in [5.41, 5.74) is 0.509. The highest BCUT2D eigenvalue weighted by molar-refractivity contribution is 5.95. The monoisotopic (exact) mass is 429 g/mol. The molecule has 0 saturated carbocycles. The van der Waals surface area contributed by atoms with Crippen molar-refractivity contribution in [3.8, 4) is 6.07 Å². The molecule has 0 aliphatic carbocycles. The van der Waals surface area contributed by atoms with E-state index >= 15 is 0 Å². The molecule has 2 saturated heterocycles. The predicted molar refractivity (Wildman–Crippen MR) is 110 cm³/mol. The van der Waals surface area contributed by atoms with Gasteiger partial charge in [0.25, 0.3) is 5.91 Å². The molecule has 3 rings (SSSR count). The van der Waals surface area contributed by atoms with Crippen LogP contribution in [0.3, 0.4) is 0 Å². The van der Waals surface area contributed by atoms with Crippen LogP contribution in [-0.2, 0) is 23.8 Å². The highest BCUT2D eigenvalue weighted by Crippen LogP contribution is 2.24. The number of ether oxygens (including phenoxy) is 3. The maximum absolute atomic E-state index is 12.8. The maximum atomic E-state index is 12.8. The number of piperidine rings is 1. The van der Waals surface area contributed by atoms with Crippen LogP contribution in [0.4, 0.5) is 10.5 Å². The fraction of sp³-hybridized carbons (Fsp3) is 0.545. The van der Waals surface area contributed by atoms with Crippen LogP contribution >= 0.6 is 0 Å². The van der Waals surface area contributed by atoms with Crippen molar-refractivity contribution >= 4 is 23.7 Å². The Bertz CT molecular complexity index is 863. The molecule has 2 aliphatic heterocycles. The number of nitrogens with zero attached hydrogens (tertiary/aromatic N) is 3. The third-order valence-corrected chi connectivity index (χ3v) is 5.01. The van der Waals surface area contributed by atoms with Crippen molar-refractivity contribution in [2.75, 3.05) is 31.1 Å². The molecule has 0 bridgehead atoms. The van der Waals surface area contributed by atoms with Crippen molar-refractivity contribution in [2.45, 2.75) is 51.4 Å². The minimum Gasteiger partial charge on any atom is -0.458 e. The molecule has 0 N–H and O–H groups in total. The Morgan fingerprint density at radius 2 is 1.84 bits per heavy atom. The summed E-state index contributed by atoms with van der Waals surface area (Å²) in [5.74, 6) is -0.651. The number of benzene rings is 1. The first-order valence-corrected chi connectivity index (χ1v) is 10.3. The molecule has 1 aromatic carbocycles. The number of likely N-dealkylation sites (tertiary alicyclic amines) is 1. The molecule has 1 atom stereocenters. The van der Waals surface area contributed by atoms with Gasteiger partial charge in [0.1, 0.15) is 12.2 Å². The second kappa shape index (κ2) is 9.35. The Morgan fingerprint density at radius 3 is 2.42 bits per heavy atom. The zero-order valence-electron chi connectivity index (χ0n) is 18.0. The van der Waals surface area contributed by atoms with E-state index in [-0.39, 0.29) is 25.2 Å². The topological polar surface area (TPSA) is 109 Å². The van der Waals surface area contributed by atoms with Crippen molar-refractivity contribution in [2.24, 2.45) is 0 Å². The SMILES string of the molecule is CC(C)(C)OC(=O)COC1CCN(C(=O)C2CN(c3ccc(C#N)cc3)C(=O)O2)CC1. The van der Waals surface area contributed by atoms with Gasteiger partial charge in [0, 0.05) is 18.8 Å². The molecule has 1 aromatic rings. The number of carbonyl (C=O) groups excluding carboxylic acids is 3. The molecular weight excluding hydrogens is 402 g/mol. The Hall–Kier alpha value is -3.12. The van der Waals surface area contributed by atoms with Gasteiger partial charge in [-0.1, -0.05) is 0 Å². The Labute approximate surface area is 181 Å². The molecular formula is C22H27N3O6. The molecule has 166 valence electrons. The summed E-state index contributed by atoms with van der Waals surface area (Å²) < 4.78 is 16.1. The van der Waals surface area contributed by atoms with E-state index in [1.165, 1.54) is 4.90 Å². The van der Waals surface area contributed by atoms with Crippen LogP contribution in [0, 0.1) is 11.3 Å². The number of amides is 2. The zero-order valence-corrected chi connectivity index (χ0v) is 18.0. The van der Waals surface area contributed by atoms with Gasteiger partial charge < -0.3 is 19.1 Å². The number of nitriles is 1. The minimum atomic E-state index is -0.873. The second-order valence-electron chi connectivity index (χ2n) is 8.56.